The topological polar surface area (TPSA) is 68.5 Å². The molecule has 0 unspecified atom stereocenters. The molecule has 0 aliphatic rings. The fourth-order valence-electron chi connectivity index (χ4n) is 2.13. The summed E-state index contributed by atoms with van der Waals surface area (Å²) in [5.41, 5.74) is 2.00. The van der Waals surface area contributed by atoms with Gasteiger partial charge in [-0.1, -0.05) is 6.92 Å². The maximum atomic E-state index is 4.60. The Labute approximate surface area is 129 Å². The highest BCUT2D eigenvalue weighted by atomic mass is 15.1. The van der Waals surface area contributed by atoms with Gasteiger partial charge in [0.1, 0.15) is 5.82 Å². The number of nitrogens with one attached hydrogen (secondary N) is 1. The highest BCUT2D eigenvalue weighted by molar-refractivity contribution is 5.56. The minimum atomic E-state index is 0.729. The van der Waals surface area contributed by atoms with Crippen LogP contribution in [0, 0.1) is 0 Å². The third-order valence-corrected chi connectivity index (χ3v) is 3.32. The Morgan fingerprint density at radius 3 is 2.68 bits per heavy atom. The van der Waals surface area contributed by atoms with Crippen LogP contribution in [0.25, 0.3) is 11.4 Å². The molecule has 0 amide bonds. The average Bonchev–Trinajstić information content (AvgIpc) is 3.09. The summed E-state index contributed by atoms with van der Waals surface area (Å²) in [4.78, 5) is 17.2. The molecule has 0 spiro atoms. The first kappa shape index (κ1) is 14.2. The minimum Gasteiger partial charge on any atom is -0.368 e. The fraction of sp³-hybridized carbons (Fsp3) is 0.250. The summed E-state index contributed by atoms with van der Waals surface area (Å²) in [5, 5.41) is 3.35. The smallest absolute Gasteiger partial charge is 0.161 e. The van der Waals surface area contributed by atoms with E-state index in [0.29, 0.717) is 0 Å². The number of aryl methyl sites for hydroxylation is 1. The number of aromatic nitrogens is 5. The van der Waals surface area contributed by atoms with E-state index < -0.39 is 0 Å². The highest BCUT2D eigenvalue weighted by Gasteiger charge is 2.06. The Balaban J connectivity index is 1.75. The molecule has 0 aliphatic carbocycles. The SMILES string of the molecule is CCc1cc(NCCn2ccnc2)nc(-c2ccncc2)n1. The Bertz CT molecular complexity index is 709. The van der Waals surface area contributed by atoms with Crippen molar-refractivity contribution < 1.29 is 0 Å². The van der Waals surface area contributed by atoms with E-state index in [1.165, 1.54) is 0 Å². The third-order valence-electron chi connectivity index (χ3n) is 3.32. The van der Waals surface area contributed by atoms with Gasteiger partial charge in [0.15, 0.2) is 5.82 Å². The summed E-state index contributed by atoms with van der Waals surface area (Å²) >= 11 is 0. The minimum absolute atomic E-state index is 0.729. The first-order valence-corrected chi connectivity index (χ1v) is 7.33. The van der Waals surface area contributed by atoms with Crippen LogP contribution in [0.5, 0.6) is 0 Å². The standard InChI is InChI=1S/C16H18N6/c1-2-14-11-15(19-8-10-22-9-7-18-12-22)21-16(20-14)13-3-5-17-6-4-13/h3-7,9,11-12H,2,8,10H2,1H3,(H,19,20,21). The van der Waals surface area contributed by atoms with E-state index in [1.54, 1.807) is 18.6 Å². The molecule has 112 valence electrons. The van der Waals surface area contributed by atoms with Gasteiger partial charge in [-0.15, -0.1) is 0 Å². The van der Waals surface area contributed by atoms with E-state index in [2.05, 4.69) is 32.2 Å². The maximum absolute atomic E-state index is 4.60. The molecule has 1 N–H and O–H groups in total. The molecule has 0 radical (unpaired) electrons. The predicted octanol–water partition coefficient (Wildman–Crippen LogP) is 2.41. The lowest BCUT2D eigenvalue weighted by molar-refractivity contribution is 0.725. The normalized spacial score (nSPS) is 10.6. The Kier molecular flexibility index (Phi) is 4.38. The van der Waals surface area contributed by atoms with Gasteiger partial charge in [0.2, 0.25) is 0 Å². The van der Waals surface area contributed by atoms with Gasteiger partial charge in [-0.3, -0.25) is 4.98 Å². The predicted molar refractivity (Wildman–Crippen MR) is 85.4 cm³/mol. The van der Waals surface area contributed by atoms with Gasteiger partial charge >= 0.3 is 0 Å². The van der Waals surface area contributed by atoms with Crippen molar-refractivity contribution >= 4 is 5.82 Å². The van der Waals surface area contributed by atoms with Crippen LogP contribution in [0.1, 0.15) is 12.6 Å². The largest absolute Gasteiger partial charge is 0.368 e. The van der Waals surface area contributed by atoms with Crippen LogP contribution in [-0.4, -0.2) is 31.0 Å². The van der Waals surface area contributed by atoms with Crippen LogP contribution < -0.4 is 5.32 Å². The molecule has 6 nitrogen and oxygen atoms in total. The molecule has 3 aromatic rings. The van der Waals surface area contributed by atoms with Crippen LogP contribution >= 0.6 is 0 Å². The van der Waals surface area contributed by atoms with Crippen molar-refractivity contribution in [2.75, 3.05) is 11.9 Å². The molecule has 0 fully saturated rings. The van der Waals surface area contributed by atoms with Crippen LogP contribution in [0.15, 0.2) is 49.3 Å². The number of nitrogens with zero attached hydrogens (tertiary/aromatic N) is 5. The summed E-state index contributed by atoms with van der Waals surface area (Å²) < 4.78 is 2.03. The molecule has 0 atom stereocenters. The third kappa shape index (κ3) is 3.46. The molecule has 3 heterocycles. The second-order valence-electron chi connectivity index (χ2n) is 4.88. The zero-order valence-corrected chi connectivity index (χ0v) is 12.5. The van der Waals surface area contributed by atoms with Gasteiger partial charge in [0.05, 0.1) is 6.33 Å². The molecular weight excluding hydrogens is 276 g/mol. The molecule has 0 bridgehead atoms. The van der Waals surface area contributed by atoms with Crippen LogP contribution in [0.3, 0.4) is 0 Å². The van der Waals surface area contributed by atoms with Crippen LogP contribution in [-0.2, 0) is 13.0 Å². The average molecular weight is 294 g/mol. The van der Waals surface area contributed by atoms with Crippen molar-refractivity contribution in [1.29, 1.82) is 0 Å². The van der Waals surface area contributed by atoms with Gasteiger partial charge in [-0.25, -0.2) is 15.0 Å². The Morgan fingerprint density at radius 2 is 1.95 bits per heavy atom. The lowest BCUT2D eigenvalue weighted by Gasteiger charge is -2.10. The van der Waals surface area contributed by atoms with E-state index in [-0.39, 0.29) is 0 Å². The zero-order valence-electron chi connectivity index (χ0n) is 12.5. The Hall–Kier alpha value is -2.76. The van der Waals surface area contributed by atoms with Crippen molar-refractivity contribution in [2.45, 2.75) is 19.9 Å². The quantitative estimate of drug-likeness (QED) is 0.756. The molecule has 0 aliphatic heterocycles. The summed E-state index contributed by atoms with van der Waals surface area (Å²) in [7, 11) is 0. The van der Waals surface area contributed by atoms with Crippen molar-refractivity contribution in [3.05, 3.63) is 55.0 Å². The fourth-order valence-corrected chi connectivity index (χ4v) is 2.13. The highest BCUT2D eigenvalue weighted by Crippen LogP contribution is 2.17. The molecule has 0 aromatic carbocycles. The first-order chi connectivity index (χ1) is 10.8. The van der Waals surface area contributed by atoms with Gasteiger partial charge in [-0.2, -0.15) is 0 Å². The van der Waals surface area contributed by atoms with E-state index in [1.807, 2.05) is 35.3 Å². The zero-order chi connectivity index (χ0) is 15.2. The summed E-state index contributed by atoms with van der Waals surface area (Å²) in [6, 6.07) is 5.84. The summed E-state index contributed by atoms with van der Waals surface area (Å²) in [5.74, 6) is 1.57. The van der Waals surface area contributed by atoms with Gasteiger partial charge in [-0.05, 0) is 18.6 Å². The van der Waals surface area contributed by atoms with Gasteiger partial charge in [0.25, 0.3) is 0 Å². The van der Waals surface area contributed by atoms with Crippen molar-refractivity contribution in [1.82, 2.24) is 24.5 Å². The number of pyridine rings is 1. The lowest BCUT2D eigenvalue weighted by atomic mass is 10.2. The molecule has 6 heteroatoms. The van der Waals surface area contributed by atoms with Crippen molar-refractivity contribution in [3.63, 3.8) is 0 Å². The van der Waals surface area contributed by atoms with Crippen LogP contribution in [0.2, 0.25) is 0 Å². The molecule has 3 aromatic heterocycles. The molecule has 22 heavy (non-hydrogen) atoms. The molecular formula is C16H18N6. The van der Waals surface area contributed by atoms with Crippen molar-refractivity contribution in [2.24, 2.45) is 0 Å². The van der Waals surface area contributed by atoms with Gasteiger partial charge in [0, 0.05) is 55.2 Å². The van der Waals surface area contributed by atoms with Crippen molar-refractivity contribution in [3.8, 4) is 11.4 Å². The molecule has 0 saturated heterocycles. The summed E-state index contributed by atoms with van der Waals surface area (Å²) in [6.07, 6.45) is 9.91. The number of imidazole rings is 1. The van der Waals surface area contributed by atoms with E-state index in [9.17, 15) is 0 Å². The molecule has 3 rings (SSSR count). The van der Waals surface area contributed by atoms with E-state index in [4.69, 9.17) is 0 Å². The number of hydrogen-bond donors (Lipinski definition) is 1. The second kappa shape index (κ2) is 6.80. The van der Waals surface area contributed by atoms with Crippen LogP contribution in [0.4, 0.5) is 5.82 Å². The number of rotatable bonds is 6. The first-order valence-electron chi connectivity index (χ1n) is 7.33. The Morgan fingerprint density at radius 1 is 1.09 bits per heavy atom. The monoisotopic (exact) mass is 294 g/mol. The van der Waals surface area contributed by atoms with E-state index >= 15 is 0 Å². The van der Waals surface area contributed by atoms with Gasteiger partial charge < -0.3 is 9.88 Å². The van der Waals surface area contributed by atoms with E-state index in [0.717, 1.165) is 42.4 Å². The molecule has 0 saturated carbocycles. The number of anilines is 1. The lowest BCUT2D eigenvalue weighted by Crippen LogP contribution is -2.11. The number of hydrogen-bond acceptors (Lipinski definition) is 5. The second-order valence-corrected chi connectivity index (χ2v) is 4.88. The summed E-state index contributed by atoms with van der Waals surface area (Å²) in [6.45, 7) is 3.72. The maximum Gasteiger partial charge on any atom is 0.161 e.